The van der Waals surface area contributed by atoms with Crippen molar-refractivity contribution in [1.82, 2.24) is 15.1 Å². The molecule has 1 saturated heterocycles. The van der Waals surface area contributed by atoms with E-state index < -0.39 is 11.5 Å². The number of benzene rings is 1. The highest BCUT2D eigenvalue weighted by Crippen LogP contribution is 2.33. The van der Waals surface area contributed by atoms with Gasteiger partial charge in [0.15, 0.2) is 0 Å². The number of rotatable bonds is 9. The van der Waals surface area contributed by atoms with E-state index in [0.29, 0.717) is 12.2 Å². The Hall–Kier alpha value is -2.67. The van der Waals surface area contributed by atoms with Gasteiger partial charge in [-0.05, 0) is 50.8 Å². The van der Waals surface area contributed by atoms with Crippen molar-refractivity contribution < 1.29 is 19.1 Å². The van der Waals surface area contributed by atoms with Crippen molar-refractivity contribution in [2.24, 2.45) is 11.3 Å². The third kappa shape index (κ3) is 7.19. The number of nitrogens with zero attached hydrogens (tertiary/aromatic N) is 2. The van der Waals surface area contributed by atoms with Crippen LogP contribution in [0.25, 0.3) is 0 Å². The van der Waals surface area contributed by atoms with Gasteiger partial charge < -0.3 is 15.0 Å². The average Bonchev–Trinajstić information content (AvgIpc) is 3.21. The zero-order valence-corrected chi connectivity index (χ0v) is 23.5. The van der Waals surface area contributed by atoms with E-state index in [1.165, 1.54) is 0 Å². The maximum Gasteiger partial charge on any atom is 0.333 e. The number of amides is 2. The van der Waals surface area contributed by atoms with Crippen LogP contribution in [-0.4, -0.2) is 73.0 Å². The minimum Gasteiger partial charge on any atom is -0.463 e. The van der Waals surface area contributed by atoms with Crippen molar-refractivity contribution in [1.29, 1.82) is 0 Å². The van der Waals surface area contributed by atoms with Gasteiger partial charge in [-0.25, -0.2) is 4.79 Å². The van der Waals surface area contributed by atoms with Crippen LogP contribution in [0.4, 0.5) is 0 Å². The summed E-state index contributed by atoms with van der Waals surface area (Å²) in [6.07, 6.45) is 2.68. The van der Waals surface area contributed by atoms with E-state index in [2.05, 4.69) is 22.3 Å². The molecule has 0 saturated carbocycles. The van der Waals surface area contributed by atoms with Gasteiger partial charge in [-0.15, -0.1) is 0 Å². The third-order valence-electron chi connectivity index (χ3n) is 7.04. The molecule has 200 valence electrons. The summed E-state index contributed by atoms with van der Waals surface area (Å²) in [4.78, 5) is 43.4. The van der Waals surface area contributed by atoms with E-state index in [1.807, 2.05) is 59.9 Å². The van der Waals surface area contributed by atoms with Gasteiger partial charge in [0.2, 0.25) is 11.8 Å². The topological polar surface area (TPSA) is 79.0 Å². The van der Waals surface area contributed by atoms with Crippen LogP contribution < -0.4 is 5.32 Å². The van der Waals surface area contributed by atoms with Crippen LogP contribution in [0, 0.1) is 11.3 Å². The summed E-state index contributed by atoms with van der Waals surface area (Å²) in [5.41, 5.74) is 1.09. The molecule has 1 heterocycles. The Morgan fingerprint density at radius 2 is 1.81 bits per heavy atom. The second-order valence-corrected chi connectivity index (χ2v) is 11.3. The van der Waals surface area contributed by atoms with Gasteiger partial charge in [0.05, 0.1) is 18.7 Å². The second kappa shape index (κ2) is 12.5. The van der Waals surface area contributed by atoms with Crippen molar-refractivity contribution in [3.8, 4) is 0 Å². The Bertz CT molecular complexity index is 936. The summed E-state index contributed by atoms with van der Waals surface area (Å²) in [7, 11) is 3.70. The molecule has 7 nitrogen and oxygen atoms in total. The molecule has 2 rings (SSSR count). The molecule has 1 aromatic rings. The van der Waals surface area contributed by atoms with E-state index >= 15 is 0 Å². The summed E-state index contributed by atoms with van der Waals surface area (Å²) in [5, 5.41) is 3.12. The Balaban J connectivity index is 2.30. The molecule has 2 amide bonds. The van der Waals surface area contributed by atoms with Gasteiger partial charge in [-0.2, -0.15) is 0 Å². The SMILES string of the molecule is CCOC(=O)C(C)=C[C@H](C(C)C)N(C)C(=O)[C@@H](NC(=O)[C@@H]1[C@@H](c2ccccc2)CCN1C)C(C)(C)C. The molecule has 0 bridgehead atoms. The molecule has 0 unspecified atom stereocenters. The predicted octanol–water partition coefficient (Wildman–Crippen LogP) is 4.00. The van der Waals surface area contributed by atoms with Crippen LogP contribution in [0.3, 0.4) is 0 Å². The van der Waals surface area contributed by atoms with Crippen molar-refractivity contribution in [2.75, 3.05) is 27.2 Å². The molecule has 0 radical (unpaired) electrons. The first-order valence-corrected chi connectivity index (χ1v) is 13.0. The normalized spacial score (nSPS) is 20.7. The second-order valence-electron chi connectivity index (χ2n) is 11.3. The van der Waals surface area contributed by atoms with Crippen LogP contribution >= 0.6 is 0 Å². The number of likely N-dealkylation sites (tertiary alicyclic amines) is 1. The summed E-state index contributed by atoms with van der Waals surface area (Å²) >= 11 is 0. The number of carbonyl (C=O) groups excluding carboxylic acids is 3. The largest absolute Gasteiger partial charge is 0.463 e. The molecule has 0 aliphatic carbocycles. The van der Waals surface area contributed by atoms with Gasteiger partial charge in [0.1, 0.15) is 6.04 Å². The summed E-state index contributed by atoms with van der Waals surface area (Å²) in [5.74, 6) is -0.573. The number of ether oxygens (including phenoxy) is 1. The molecule has 7 heteroatoms. The average molecular weight is 500 g/mol. The fourth-order valence-corrected chi connectivity index (χ4v) is 4.93. The highest BCUT2D eigenvalue weighted by Gasteiger charge is 2.42. The molecule has 0 spiro atoms. The molecule has 1 fully saturated rings. The number of hydrogen-bond acceptors (Lipinski definition) is 5. The van der Waals surface area contributed by atoms with Gasteiger partial charge >= 0.3 is 5.97 Å². The van der Waals surface area contributed by atoms with Crippen LogP contribution in [0.1, 0.15) is 66.4 Å². The smallest absolute Gasteiger partial charge is 0.333 e. The lowest BCUT2D eigenvalue weighted by atomic mass is 9.84. The van der Waals surface area contributed by atoms with Crippen molar-refractivity contribution in [3.05, 3.63) is 47.5 Å². The Labute approximate surface area is 217 Å². The van der Waals surface area contributed by atoms with Gasteiger partial charge in [-0.3, -0.25) is 14.5 Å². The third-order valence-corrected chi connectivity index (χ3v) is 7.04. The Morgan fingerprint density at radius 3 is 2.33 bits per heavy atom. The zero-order chi connectivity index (χ0) is 27.2. The van der Waals surface area contributed by atoms with E-state index in [1.54, 1.807) is 31.9 Å². The first-order valence-electron chi connectivity index (χ1n) is 13.0. The van der Waals surface area contributed by atoms with E-state index in [9.17, 15) is 14.4 Å². The minimum atomic E-state index is -0.724. The van der Waals surface area contributed by atoms with Gasteiger partial charge in [-0.1, -0.05) is 71.0 Å². The first-order chi connectivity index (χ1) is 16.8. The standard InChI is InChI=1S/C29H45N3O4/c1-10-36-28(35)20(4)18-23(19(2)3)32(9)27(34)25(29(5,6)7)30-26(33)24-22(16-17-31(24)8)21-14-12-11-13-15-21/h11-15,18-19,22-25H,10,16-17H2,1-9H3,(H,30,33)/t22-,23-,24+,25-/m1/s1. The summed E-state index contributed by atoms with van der Waals surface area (Å²) in [6, 6.07) is 8.71. The minimum absolute atomic E-state index is 0.0584. The first kappa shape index (κ1) is 29.6. The number of hydrogen-bond donors (Lipinski definition) is 1. The van der Waals surface area contributed by atoms with Crippen molar-refractivity contribution in [2.45, 2.75) is 78.9 Å². The molecular formula is C29H45N3O4. The summed E-state index contributed by atoms with van der Waals surface area (Å²) < 4.78 is 5.12. The fraction of sp³-hybridized carbons (Fsp3) is 0.621. The maximum atomic E-state index is 13.8. The van der Waals surface area contributed by atoms with Crippen molar-refractivity contribution >= 4 is 17.8 Å². The molecule has 4 atom stereocenters. The molecule has 1 aromatic carbocycles. The lowest BCUT2D eigenvalue weighted by molar-refractivity contribution is -0.141. The number of carbonyl (C=O) groups is 3. The summed E-state index contributed by atoms with van der Waals surface area (Å²) in [6.45, 7) is 14.5. The molecule has 1 aliphatic rings. The lowest BCUT2D eigenvalue weighted by Crippen LogP contribution is -2.59. The monoisotopic (exact) mass is 499 g/mol. The van der Waals surface area contributed by atoms with Gasteiger partial charge in [0, 0.05) is 18.5 Å². The van der Waals surface area contributed by atoms with Crippen LogP contribution in [-0.2, 0) is 19.1 Å². The Morgan fingerprint density at radius 1 is 1.19 bits per heavy atom. The number of esters is 1. The lowest BCUT2D eigenvalue weighted by Gasteiger charge is -2.38. The zero-order valence-electron chi connectivity index (χ0n) is 23.5. The molecule has 1 aliphatic heterocycles. The van der Waals surface area contributed by atoms with Crippen LogP contribution in [0.2, 0.25) is 0 Å². The van der Waals surface area contributed by atoms with E-state index in [-0.39, 0.29) is 41.7 Å². The molecule has 36 heavy (non-hydrogen) atoms. The number of nitrogens with one attached hydrogen (secondary N) is 1. The maximum absolute atomic E-state index is 13.8. The highest BCUT2D eigenvalue weighted by molar-refractivity contribution is 5.91. The highest BCUT2D eigenvalue weighted by atomic mass is 16.5. The molecule has 1 N–H and O–H groups in total. The predicted molar refractivity (Wildman–Crippen MR) is 143 cm³/mol. The van der Waals surface area contributed by atoms with Crippen LogP contribution in [0.15, 0.2) is 42.0 Å². The van der Waals surface area contributed by atoms with Crippen molar-refractivity contribution in [3.63, 3.8) is 0 Å². The molecule has 0 aromatic heterocycles. The van der Waals surface area contributed by atoms with Crippen LogP contribution in [0.5, 0.6) is 0 Å². The molecular weight excluding hydrogens is 454 g/mol. The van der Waals surface area contributed by atoms with E-state index in [0.717, 1.165) is 18.5 Å². The number of likely N-dealkylation sites (N-methyl/N-ethyl adjacent to an activating group) is 2. The quantitative estimate of drug-likeness (QED) is 0.410. The van der Waals surface area contributed by atoms with Gasteiger partial charge in [0.25, 0.3) is 0 Å². The Kier molecular flexibility index (Phi) is 10.3. The van der Waals surface area contributed by atoms with E-state index in [4.69, 9.17) is 4.74 Å². The fourth-order valence-electron chi connectivity index (χ4n) is 4.93.